The number of methoxy groups -OCH3 is 2. The van der Waals surface area contributed by atoms with Crippen molar-refractivity contribution in [3.8, 4) is 22.6 Å². The van der Waals surface area contributed by atoms with Crippen LogP contribution in [0, 0.1) is 31.1 Å². The van der Waals surface area contributed by atoms with Gasteiger partial charge in [0.2, 0.25) is 0 Å². The molecule has 51 heavy (non-hydrogen) atoms. The maximum Gasteiger partial charge on any atom is 0.269 e. The number of allylic oxidation sites excluding steroid dienone is 1. The largest absolute Gasteiger partial charge is 0.496 e. The lowest BCUT2D eigenvalue weighted by atomic mass is 9.80. The van der Waals surface area contributed by atoms with Gasteiger partial charge in [-0.3, -0.25) is 18.9 Å². The second-order valence-corrected chi connectivity index (χ2v) is 15.6. The number of carbonyl (C=O) groups excluding carboxylic acids is 1. The molecule has 2 N–H and O–H groups in total. The number of hydrogen-bond donors (Lipinski definition) is 1. The number of halogens is 1. The molecule has 0 aliphatic carbocycles. The molecule has 2 aromatic carbocycles. The van der Waals surface area contributed by atoms with Gasteiger partial charge in [0.05, 0.1) is 38.2 Å². The number of hydrogen-bond acceptors (Lipinski definition) is 6. The third kappa shape index (κ3) is 8.03. The predicted molar refractivity (Wildman–Crippen MR) is 203 cm³/mol. The number of rotatable bonds is 11. The Morgan fingerprint density at radius 2 is 1.71 bits per heavy atom. The number of fused-ring (bicyclic) bond motifs is 1. The van der Waals surface area contributed by atoms with Gasteiger partial charge in [-0.2, -0.15) is 0 Å². The van der Waals surface area contributed by atoms with Crippen molar-refractivity contribution in [1.82, 2.24) is 14.4 Å². The summed E-state index contributed by atoms with van der Waals surface area (Å²) in [6.45, 7) is 14.4. The number of pyridine rings is 1. The van der Waals surface area contributed by atoms with E-state index >= 15 is 0 Å². The number of carbonyl (C=O) groups is 1. The second-order valence-electron chi connectivity index (χ2n) is 15.6. The molecule has 1 atom stereocenters. The maximum atomic E-state index is 13.6. The number of aromatic nitrogens is 1. The fourth-order valence-corrected chi connectivity index (χ4v) is 8.05. The minimum Gasteiger partial charge on any atom is -0.496 e. The quantitative estimate of drug-likeness (QED) is 0.216. The zero-order valence-electron chi connectivity index (χ0n) is 32.1. The zero-order valence-corrected chi connectivity index (χ0v) is 32.1. The van der Waals surface area contributed by atoms with E-state index in [1.165, 1.54) is 16.7 Å². The summed E-state index contributed by atoms with van der Waals surface area (Å²) >= 11 is 0. The first-order chi connectivity index (χ1) is 24.2. The van der Waals surface area contributed by atoms with Crippen molar-refractivity contribution in [1.29, 1.82) is 0 Å². The second kappa shape index (κ2) is 15.6. The molecule has 0 radical (unpaired) electrons. The summed E-state index contributed by atoms with van der Waals surface area (Å²) in [5, 5.41) is 0. The summed E-state index contributed by atoms with van der Waals surface area (Å²) in [7, 11) is 5.18. The molecule has 1 fully saturated rings. The van der Waals surface area contributed by atoms with Gasteiger partial charge in [-0.1, -0.05) is 45.9 Å². The number of benzene rings is 2. The summed E-state index contributed by atoms with van der Waals surface area (Å²) < 4.78 is 27.0. The summed E-state index contributed by atoms with van der Waals surface area (Å²) in [6, 6.07) is 10.6. The monoisotopic (exact) mass is 700 g/mol. The van der Waals surface area contributed by atoms with Crippen molar-refractivity contribution in [2.24, 2.45) is 30.0 Å². The molecule has 0 saturated carbocycles. The Hall–Kier alpha value is -4.11. The van der Waals surface area contributed by atoms with Crippen LogP contribution in [0.4, 0.5) is 4.39 Å². The van der Waals surface area contributed by atoms with Crippen LogP contribution in [0.3, 0.4) is 0 Å². The molecule has 0 bridgehead atoms. The van der Waals surface area contributed by atoms with Crippen molar-refractivity contribution in [2.75, 3.05) is 40.5 Å². The van der Waals surface area contributed by atoms with Gasteiger partial charge in [0.25, 0.3) is 11.5 Å². The van der Waals surface area contributed by atoms with Gasteiger partial charge in [-0.15, -0.1) is 0 Å². The van der Waals surface area contributed by atoms with Gasteiger partial charge in [0.1, 0.15) is 11.5 Å². The van der Waals surface area contributed by atoms with Crippen LogP contribution in [0.2, 0.25) is 0 Å². The van der Waals surface area contributed by atoms with E-state index in [0.29, 0.717) is 12.5 Å². The van der Waals surface area contributed by atoms with Crippen molar-refractivity contribution in [3.63, 3.8) is 0 Å². The van der Waals surface area contributed by atoms with Gasteiger partial charge in [-0.05, 0) is 110 Å². The summed E-state index contributed by atoms with van der Waals surface area (Å²) in [5.74, 6) is 2.12. The van der Waals surface area contributed by atoms with Crippen molar-refractivity contribution < 1.29 is 18.7 Å². The molecule has 1 aromatic heterocycles. The molecule has 3 heterocycles. The van der Waals surface area contributed by atoms with Crippen LogP contribution in [0.15, 0.2) is 53.1 Å². The first-order valence-corrected chi connectivity index (χ1v) is 18.3. The summed E-state index contributed by atoms with van der Waals surface area (Å²) in [6.07, 6.45) is 7.44. The van der Waals surface area contributed by atoms with Gasteiger partial charge in [0, 0.05) is 42.9 Å². The number of aryl methyl sites for hydroxylation is 1. The first kappa shape index (κ1) is 38.1. The van der Waals surface area contributed by atoms with Crippen LogP contribution in [-0.4, -0.2) is 60.8 Å². The molecule has 1 unspecified atom stereocenters. The highest BCUT2D eigenvalue weighted by molar-refractivity contribution is 5.93. The Morgan fingerprint density at radius 3 is 2.29 bits per heavy atom. The van der Waals surface area contributed by atoms with E-state index < -0.39 is 12.1 Å². The number of likely N-dealkylation sites (tertiary alicyclic amines) is 1. The molecule has 8 nitrogen and oxygen atoms in total. The fourth-order valence-electron chi connectivity index (χ4n) is 8.05. The number of nitrogens with zero attached hydrogens (tertiary/aromatic N) is 3. The van der Waals surface area contributed by atoms with E-state index in [2.05, 4.69) is 49.1 Å². The summed E-state index contributed by atoms with van der Waals surface area (Å²) in [5.41, 5.74) is 14.2. The number of amides is 1. The van der Waals surface area contributed by atoms with Crippen LogP contribution in [0.25, 0.3) is 11.1 Å². The fraction of sp³-hybridized carbons (Fsp3) is 0.524. The lowest BCUT2D eigenvalue weighted by Gasteiger charge is -2.41. The van der Waals surface area contributed by atoms with E-state index in [1.54, 1.807) is 45.8 Å². The topological polar surface area (TPSA) is 90.0 Å². The standard InChI is InChI=1S/C42H57FN4O4/c1-26(2)39-33-12-10-11-30(32(33)15-18-47(39)41(49)36(44)22-42(5,6)25-43)19-29-13-16-46(17-14-29)24-35-37(50-8)20-31(21-38(35)51-9)34-23-45(7)40(48)28(4)27(34)3/h10-12,20-23,26,29,39H,13-19,24-25,44H2,1-9H3/b36-22-. The smallest absolute Gasteiger partial charge is 0.269 e. The van der Waals surface area contributed by atoms with Crippen molar-refractivity contribution >= 4 is 5.91 Å². The molecular formula is C42H57FN4O4. The highest BCUT2D eigenvalue weighted by Gasteiger charge is 2.35. The minimum atomic E-state index is -0.781. The number of alkyl halides is 1. The van der Waals surface area contributed by atoms with E-state index in [-0.39, 0.29) is 29.1 Å². The number of ether oxygens (including phenoxy) is 2. The summed E-state index contributed by atoms with van der Waals surface area (Å²) in [4.78, 5) is 30.5. The van der Waals surface area contributed by atoms with Crippen LogP contribution in [0.1, 0.15) is 80.0 Å². The van der Waals surface area contributed by atoms with Crippen molar-refractivity contribution in [3.05, 3.63) is 92.0 Å². The normalized spacial score (nSPS) is 17.5. The van der Waals surface area contributed by atoms with Gasteiger partial charge in [0.15, 0.2) is 0 Å². The predicted octanol–water partition coefficient (Wildman–Crippen LogP) is 7.06. The molecule has 3 aromatic rings. The van der Waals surface area contributed by atoms with E-state index in [4.69, 9.17) is 15.2 Å². The molecule has 2 aliphatic heterocycles. The van der Waals surface area contributed by atoms with E-state index in [1.807, 2.05) is 24.9 Å². The Bertz CT molecular complexity index is 1810. The Balaban J connectivity index is 1.29. The average molecular weight is 701 g/mol. The number of piperidine rings is 1. The highest BCUT2D eigenvalue weighted by atomic mass is 19.1. The van der Waals surface area contributed by atoms with Crippen LogP contribution < -0.4 is 20.8 Å². The molecule has 5 rings (SSSR count). The molecule has 276 valence electrons. The van der Waals surface area contributed by atoms with E-state index in [9.17, 15) is 14.0 Å². The highest BCUT2D eigenvalue weighted by Crippen LogP contribution is 2.40. The van der Waals surface area contributed by atoms with Crippen LogP contribution in [0.5, 0.6) is 11.5 Å². The molecule has 0 spiro atoms. The van der Waals surface area contributed by atoms with Gasteiger partial charge >= 0.3 is 0 Å². The maximum absolute atomic E-state index is 13.6. The molecule has 1 amide bonds. The lowest BCUT2D eigenvalue weighted by molar-refractivity contribution is -0.131. The molecule has 1 saturated heterocycles. The third-order valence-electron chi connectivity index (χ3n) is 11.0. The first-order valence-electron chi connectivity index (χ1n) is 18.3. The van der Waals surface area contributed by atoms with Gasteiger partial charge < -0.3 is 24.7 Å². The average Bonchev–Trinajstić information content (AvgIpc) is 3.12. The Labute approximate surface area is 303 Å². The van der Waals surface area contributed by atoms with Crippen LogP contribution in [-0.2, 0) is 31.2 Å². The van der Waals surface area contributed by atoms with E-state index in [0.717, 1.165) is 84.6 Å². The van der Waals surface area contributed by atoms with Crippen molar-refractivity contribution in [2.45, 2.75) is 79.8 Å². The Morgan fingerprint density at radius 1 is 1.06 bits per heavy atom. The molecule has 9 heteroatoms. The molecular weight excluding hydrogens is 643 g/mol. The zero-order chi connectivity index (χ0) is 37.2. The molecule has 2 aliphatic rings. The third-order valence-corrected chi connectivity index (χ3v) is 11.0. The van der Waals surface area contributed by atoms with Gasteiger partial charge in [-0.25, -0.2) is 0 Å². The SMILES string of the molecule is COc1cc(-c2cn(C)c(=O)c(C)c2C)cc(OC)c1CN1CCC(Cc2cccc3c2CCN(C(=O)/C(N)=C/C(C)(C)CF)C3C(C)C)CC1. The minimum absolute atomic E-state index is 0.00978. The van der Waals surface area contributed by atoms with Crippen LogP contribution >= 0.6 is 0 Å². The Kier molecular flexibility index (Phi) is 11.7. The lowest BCUT2D eigenvalue weighted by Crippen LogP contribution is -2.44. The number of nitrogens with two attached hydrogens (primary N) is 1.